The summed E-state index contributed by atoms with van der Waals surface area (Å²) in [5.41, 5.74) is 1.10. The van der Waals surface area contributed by atoms with Crippen molar-refractivity contribution in [1.29, 1.82) is 0 Å². The van der Waals surface area contributed by atoms with Crippen LogP contribution in [-0.4, -0.2) is 13.2 Å². The van der Waals surface area contributed by atoms with E-state index in [9.17, 15) is 0 Å². The smallest absolute Gasteiger partial charge is 0.217 e. The predicted molar refractivity (Wildman–Crippen MR) is 38.1 cm³/mol. The fourth-order valence-corrected chi connectivity index (χ4v) is 1.10. The van der Waals surface area contributed by atoms with Gasteiger partial charge in [-0.15, -0.1) is 0 Å². The lowest BCUT2D eigenvalue weighted by molar-refractivity contribution is -0.0588. The van der Waals surface area contributed by atoms with E-state index in [1.54, 1.807) is 6.26 Å². The summed E-state index contributed by atoms with van der Waals surface area (Å²) < 4.78 is 15.7. The van der Waals surface area contributed by atoms with E-state index in [2.05, 4.69) is 0 Å². The topological polar surface area (TPSA) is 31.6 Å². The molecule has 1 aliphatic heterocycles. The standard InChI is InChI=1S/C8H10O3/c1-6-4-7(11-5-6)8-9-2-3-10-8/h4-5,8H,2-3H2,1H3. The van der Waals surface area contributed by atoms with Gasteiger partial charge in [-0.05, 0) is 18.6 Å². The summed E-state index contributed by atoms with van der Waals surface area (Å²) in [6, 6.07) is 1.93. The van der Waals surface area contributed by atoms with Crippen molar-refractivity contribution in [2.24, 2.45) is 0 Å². The maximum absolute atomic E-state index is 5.24. The van der Waals surface area contributed by atoms with Crippen molar-refractivity contribution in [3.63, 3.8) is 0 Å². The summed E-state index contributed by atoms with van der Waals surface area (Å²) in [4.78, 5) is 0. The highest BCUT2D eigenvalue weighted by Crippen LogP contribution is 2.24. The molecule has 0 unspecified atom stereocenters. The average molecular weight is 154 g/mol. The minimum Gasteiger partial charge on any atom is -0.464 e. The van der Waals surface area contributed by atoms with Crippen LogP contribution in [-0.2, 0) is 9.47 Å². The monoisotopic (exact) mass is 154 g/mol. The zero-order chi connectivity index (χ0) is 7.68. The van der Waals surface area contributed by atoms with E-state index in [-0.39, 0.29) is 6.29 Å². The van der Waals surface area contributed by atoms with Gasteiger partial charge in [0.1, 0.15) is 0 Å². The minimum absolute atomic E-state index is 0.274. The number of rotatable bonds is 1. The molecule has 1 aromatic heterocycles. The van der Waals surface area contributed by atoms with E-state index in [1.165, 1.54) is 0 Å². The van der Waals surface area contributed by atoms with Crippen LogP contribution in [0.1, 0.15) is 17.6 Å². The molecule has 1 fully saturated rings. The van der Waals surface area contributed by atoms with Gasteiger partial charge in [-0.2, -0.15) is 0 Å². The molecule has 11 heavy (non-hydrogen) atoms. The summed E-state index contributed by atoms with van der Waals surface area (Å²) in [5.74, 6) is 0.764. The molecule has 0 spiro atoms. The lowest BCUT2D eigenvalue weighted by atomic mass is 10.3. The predicted octanol–water partition coefficient (Wildman–Crippen LogP) is 1.63. The second kappa shape index (κ2) is 2.68. The van der Waals surface area contributed by atoms with Crippen LogP contribution in [0, 0.1) is 6.92 Å². The molecular weight excluding hydrogens is 144 g/mol. The Labute approximate surface area is 64.9 Å². The van der Waals surface area contributed by atoms with E-state index in [1.807, 2.05) is 13.0 Å². The fraction of sp³-hybridized carbons (Fsp3) is 0.500. The van der Waals surface area contributed by atoms with Gasteiger partial charge < -0.3 is 13.9 Å². The van der Waals surface area contributed by atoms with Crippen molar-refractivity contribution in [2.45, 2.75) is 13.2 Å². The van der Waals surface area contributed by atoms with Crippen molar-refractivity contribution in [2.75, 3.05) is 13.2 Å². The van der Waals surface area contributed by atoms with E-state index in [0.29, 0.717) is 13.2 Å². The fourth-order valence-electron chi connectivity index (χ4n) is 1.10. The van der Waals surface area contributed by atoms with E-state index >= 15 is 0 Å². The molecule has 60 valence electrons. The van der Waals surface area contributed by atoms with Crippen molar-refractivity contribution in [1.82, 2.24) is 0 Å². The van der Waals surface area contributed by atoms with Gasteiger partial charge in [0, 0.05) is 0 Å². The molecule has 1 saturated heterocycles. The first-order chi connectivity index (χ1) is 5.36. The van der Waals surface area contributed by atoms with Crippen molar-refractivity contribution >= 4 is 0 Å². The third-order valence-electron chi connectivity index (χ3n) is 1.60. The van der Waals surface area contributed by atoms with Crippen molar-refractivity contribution < 1.29 is 13.9 Å². The third-order valence-corrected chi connectivity index (χ3v) is 1.60. The number of furan rings is 1. The molecule has 0 radical (unpaired) electrons. The van der Waals surface area contributed by atoms with Crippen LogP contribution in [0.5, 0.6) is 0 Å². The molecule has 2 rings (SSSR count). The molecule has 1 aliphatic rings. The van der Waals surface area contributed by atoms with E-state index in [4.69, 9.17) is 13.9 Å². The van der Waals surface area contributed by atoms with Crippen LogP contribution >= 0.6 is 0 Å². The van der Waals surface area contributed by atoms with Crippen molar-refractivity contribution in [3.05, 3.63) is 23.7 Å². The normalized spacial score (nSPS) is 19.4. The van der Waals surface area contributed by atoms with Crippen LogP contribution in [0.15, 0.2) is 16.7 Å². The molecule has 0 aliphatic carbocycles. The zero-order valence-corrected chi connectivity index (χ0v) is 6.37. The van der Waals surface area contributed by atoms with E-state index in [0.717, 1.165) is 11.3 Å². The molecule has 3 nitrogen and oxygen atoms in total. The van der Waals surface area contributed by atoms with Gasteiger partial charge in [-0.25, -0.2) is 0 Å². The lowest BCUT2D eigenvalue weighted by Gasteiger charge is -2.02. The Hall–Kier alpha value is -0.800. The second-order valence-electron chi connectivity index (χ2n) is 2.60. The number of ether oxygens (including phenoxy) is 2. The Morgan fingerprint density at radius 1 is 1.36 bits per heavy atom. The summed E-state index contributed by atoms with van der Waals surface area (Å²) in [6.45, 7) is 3.29. The Balaban J connectivity index is 2.15. The maximum atomic E-state index is 5.24. The van der Waals surface area contributed by atoms with Crippen LogP contribution in [0.2, 0.25) is 0 Å². The molecule has 1 aromatic rings. The molecular formula is C8H10O3. The van der Waals surface area contributed by atoms with Crippen LogP contribution in [0.25, 0.3) is 0 Å². The van der Waals surface area contributed by atoms with Gasteiger partial charge >= 0.3 is 0 Å². The summed E-state index contributed by atoms with van der Waals surface area (Å²) in [5, 5.41) is 0. The maximum Gasteiger partial charge on any atom is 0.217 e. The Morgan fingerprint density at radius 2 is 2.09 bits per heavy atom. The van der Waals surface area contributed by atoms with Gasteiger partial charge in [0.05, 0.1) is 19.5 Å². The molecule has 0 bridgehead atoms. The summed E-state index contributed by atoms with van der Waals surface area (Å²) >= 11 is 0. The van der Waals surface area contributed by atoms with Gasteiger partial charge in [-0.1, -0.05) is 0 Å². The number of hydrogen-bond donors (Lipinski definition) is 0. The molecule has 0 atom stereocenters. The molecule has 0 amide bonds. The van der Waals surface area contributed by atoms with Crippen LogP contribution in [0.4, 0.5) is 0 Å². The van der Waals surface area contributed by atoms with Crippen molar-refractivity contribution in [3.8, 4) is 0 Å². The molecule has 0 N–H and O–H groups in total. The highest BCUT2D eigenvalue weighted by molar-refractivity contribution is 5.11. The summed E-state index contributed by atoms with van der Waals surface area (Å²) in [7, 11) is 0. The first kappa shape index (κ1) is 6.88. The van der Waals surface area contributed by atoms with Gasteiger partial charge in [-0.3, -0.25) is 0 Å². The second-order valence-corrected chi connectivity index (χ2v) is 2.60. The number of hydrogen-bond acceptors (Lipinski definition) is 3. The lowest BCUT2D eigenvalue weighted by Crippen LogP contribution is -1.94. The largest absolute Gasteiger partial charge is 0.464 e. The molecule has 0 saturated carbocycles. The Bertz CT molecular complexity index is 235. The minimum atomic E-state index is -0.274. The molecule has 2 heterocycles. The van der Waals surface area contributed by atoms with Gasteiger partial charge in [0.2, 0.25) is 6.29 Å². The summed E-state index contributed by atoms with van der Waals surface area (Å²) in [6.07, 6.45) is 1.42. The quantitative estimate of drug-likeness (QED) is 0.616. The SMILES string of the molecule is Cc1coc(C2OCCO2)c1. The highest BCUT2D eigenvalue weighted by Gasteiger charge is 2.20. The first-order valence-corrected chi connectivity index (χ1v) is 3.64. The Kier molecular flexibility index (Phi) is 1.68. The first-order valence-electron chi connectivity index (χ1n) is 3.64. The number of aryl methyl sites for hydroxylation is 1. The molecule has 3 heteroatoms. The van der Waals surface area contributed by atoms with Crippen LogP contribution < -0.4 is 0 Å². The van der Waals surface area contributed by atoms with E-state index < -0.39 is 0 Å². The molecule has 0 aromatic carbocycles. The average Bonchev–Trinajstić information content (AvgIpc) is 2.55. The van der Waals surface area contributed by atoms with Gasteiger partial charge in [0.15, 0.2) is 5.76 Å². The Morgan fingerprint density at radius 3 is 2.64 bits per heavy atom. The third kappa shape index (κ3) is 1.29. The van der Waals surface area contributed by atoms with Gasteiger partial charge in [0.25, 0.3) is 0 Å². The van der Waals surface area contributed by atoms with Crippen LogP contribution in [0.3, 0.4) is 0 Å². The zero-order valence-electron chi connectivity index (χ0n) is 6.37. The highest BCUT2D eigenvalue weighted by atomic mass is 16.7.